The molecule has 0 bridgehead atoms. The molecule has 0 aromatic heterocycles. The summed E-state index contributed by atoms with van der Waals surface area (Å²) in [5, 5.41) is 0. The van der Waals surface area contributed by atoms with Gasteiger partial charge in [0.25, 0.3) is 0 Å². The Bertz CT molecular complexity index is 149. The second kappa shape index (κ2) is 5.12. The molecule has 1 N–H and O–H groups in total. The minimum Gasteiger partial charge on any atom is -0.302 e. The second-order valence-electron chi connectivity index (χ2n) is 2.55. The highest BCUT2D eigenvalue weighted by Gasteiger charge is 2.19. The van der Waals surface area contributed by atoms with E-state index in [1.54, 1.807) is 0 Å². The maximum absolute atomic E-state index is 10.5. The molecular formula is C5H12ClO4P. The predicted octanol–water partition coefficient (Wildman–Crippen LogP) is 2.32. The molecule has 0 aromatic rings. The minimum atomic E-state index is -3.96. The Kier molecular flexibility index (Phi) is 5.30. The van der Waals surface area contributed by atoms with Gasteiger partial charge in [-0.05, 0) is 12.3 Å². The molecule has 4 nitrogen and oxygen atoms in total. The molecule has 0 aliphatic carbocycles. The van der Waals surface area contributed by atoms with Gasteiger partial charge in [-0.25, -0.2) is 4.57 Å². The average Bonchev–Trinajstić information content (AvgIpc) is 1.87. The monoisotopic (exact) mass is 202 g/mol. The van der Waals surface area contributed by atoms with Gasteiger partial charge in [0.05, 0.1) is 18.5 Å². The first-order chi connectivity index (χ1) is 4.98. The molecule has 1 atom stereocenters. The lowest BCUT2D eigenvalue weighted by molar-refractivity contribution is 0.198. The van der Waals surface area contributed by atoms with Crippen LogP contribution in [0.4, 0.5) is 0 Å². The standard InChI is InChI=1S/C5H12ClO4P/c1-5(2)3-4-9-11(7,8)10-6/h5H,3-4H2,1-2H3,(H,7,8). The molecule has 0 radical (unpaired) electrons. The quantitative estimate of drug-likeness (QED) is 0.695. The summed E-state index contributed by atoms with van der Waals surface area (Å²) in [6, 6.07) is 0. The van der Waals surface area contributed by atoms with Gasteiger partial charge in [-0.2, -0.15) is 4.08 Å². The summed E-state index contributed by atoms with van der Waals surface area (Å²) >= 11 is 4.67. The molecule has 68 valence electrons. The molecule has 6 heteroatoms. The van der Waals surface area contributed by atoms with E-state index in [2.05, 4.69) is 20.5 Å². The highest BCUT2D eigenvalue weighted by atomic mass is 35.5. The number of hydrogen-bond acceptors (Lipinski definition) is 3. The molecule has 11 heavy (non-hydrogen) atoms. The molecule has 0 rings (SSSR count). The van der Waals surface area contributed by atoms with E-state index >= 15 is 0 Å². The third-order valence-electron chi connectivity index (χ3n) is 1.04. The van der Waals surface area contributed by atoms with Crippen LogP contribution < -0.4 is 0 Å². The highest BCUT2D eigenvalue weighted by Crippen LogP contribution is 2.44. The fraction of sp³-hybridized carbons (Fsp3) is 1.00. The molecule has 0 spiro atoms. The number of rotatable bonds is 5. The summed E-state index contributed by atoms with van der Waals surface area (Å²) < 4.78 is 18.7. The van der Waals surface area contributed by atoms with Crippen LogP contribution in [0.5, 0.6) is 0 Å². The fourth-order valence-electron chi connectivity index (χ4n) is 0.424. The first-order valence-corrected chi connectivity index (χ1v) is 5.06. The number of hydrogen-bond donors (Lipinski definition) is 1. The van der Waals surface area contributed by atoms with Crippen molar-refractivity contribution >= 4 is 19.7 Å². The second-order valence-corrected chi connectivity index (χ2v) is 4.30. The van der Waals surface area contributed by atoms with Gasteiger partial charge in [0.1, 0.15) is 0 Å². The summed E-state index contributed by atoms with van der Waals surface area (Å²) in [5.74, 6) is 0.422. The van der Waals surface area contributed by atoms with Crippen LogP contribution in [0.3, 0.4) is 0 Å². The summed E-state index contributed by atoms with van der Waals surface area (Å²) in [4.78, 5) is 8.62. The largest absolute Gasteiger partial charge is 0.488 e. The normalized spacial score (nSPS) is 16.8. The van der Waals surface area contributed by atoms with Crippen molar-refractivity contribution in [1.82, 2.24) is 0 Å². The molecule has 0 saturated carbocycles. The van der Waals surface area contributed by atoms with Crippen LogP contribution in [0.25, 0.3) is 0 Å². The summed E-state index contributed by atoms with van der Waals surface area (Å²) in [7, 11) is -3.96. The van der Waals surface area contributed by atoms with Crippen molar-refractivity contribution in [2.24, 2.45) is 5.92 Å². The van der Waals surface area contributed by atoms with Crippen LogP contribution in [0.2, 0.25) is 0 Å². The van der Waals surface area contributed by atoms with E-state index in [0.29, 0.717) is 12.3 Å². The van der Waals surface area contributed by atoms with E-state index in [1.165, 1.54) is 0 Å². The third-order valence-corrected chi connectivity index (χ3v) is 2.24. The predicted molar refractivity (Wildman–Crippen MR) is 42.2 cm³/mol. The highest BCUT2D eigenvalue weighted by molar-refractivity contribution is 7.48. The molecule has 0 fully saturated rings. The molecule has 0 saturated heterocycles. The number of halogens is 1. The van der Waals surface area contributed by atoms with Crippen LogP contribution in [-0.4, -0.2) is 11.5 Å². The smallest absolute Gasteiger partial charge is 0.302 e. The summed E-state index contributed by atoms with van der Waals surface area (Å²) in [6.45, 7) is 4.14. The van der Waals surface area contributed by atoms with Crippen molar-refractivity contribution in [1.29, 1.82) is 0 Å². The zero-order valence-electron chi connectivity index (χ0n) is 6.49. The molecule has 1 unspecified atom stereocenters. The van der Waals surface area contributed by atoms with Crippen LogP contribution >= 0.6 is 19.7 Å². The fourth-order valence-corrected chi connectivity index (χ4v) is 0.919. The molecule has 0 aliphatic heterocycles. The van der Waals surface area contributed by atoms with Gasteiger partial charge < -0.3 is 4.89 Å². The number of phosphoric ester groups is 1. The Balaban J connectivity index is 3.46. The Labute approximate surface area is 71.2 Å². The topological polar surface area (TPSA) is 55.8 Å². The Morgan fingerprint density at radius 2 is 2.18 bits per heavy atom. The lowest BCUT2D eigenvalue weighted by Gasteiger charge is -2.07. The van der Waals surface area contributed by atoms with E-state index in [0.717, 1.165) is 0 Å². The SMILES string of the molecule is CC(C)CCOP(=O)(O)OCl. The van der Waals surface area contributed by atoms with Crippen LogP contribution in [0.15, 0.2) is 0 Å². The molecule has 0 aromatic carbocycles. The van der Waals surface area contributed by atoms with Crippen LogP contribution in [-0.2, 0) is 13.2 Å². The first-order valence-electron chi connectivity index (χ1n) is 3.25. The summed E-state index contributed by atoms with van der Waals surface area (Å²) in [6.07, 6.45) is 0.699. The Hall–Kier alpha value is 0.400. The molecular weight excluding hydrogens is 190 g/mol. The van der Waals surface area contributed by atoms with Gasteiger partial charge in [-0.1, -0.05) is 13.8 Å². The van der Waals surface area contributed by atoms with Crippen molar-refractivity contribution in [2.45, 2.75) is 20.3 Å². The third kappa shape index (κ3) is 6.78. The molecule has 0 aliphatic rings. The zero-order valence-corrected chi connectivity index (χ0v) is 8.14. The maximum atomic E-state index is 10.5. The van der Waals surface area contributed by atoms with Gasteiger partial charge in [-0.15, -0.1) is 0 Å². The van der Waals surface area contributed by atoms with Gasteiger partial charge >= 0.3 is 7.82 Å². The van der Waals surface area contributed by atoms with Gasteiger partial charge in [-0.3, -0.25) is 4.52 Å². The number of phosphoric acid groups is 1. The lowest BCUT2D eigenvalue weighted by atomic mass is 10.2. The Morgan fingerprint density at radius 1 is 1.64 bits per heavy atom. The lowest BCUT2D eigenvalue weighted by Crippen LogP contribution is -1.97. The van der Waals surface area contributed by atoms with Crippen LogP contribution in [0.1, 0.15) is 20.3 Å². The van der Waals surface area contributed by atoms with Crippen molar-refractivity contribution in [3.05, 3.63) is 0 Å². The van der Waals surface area contributed by atoms with E-state index in [9.17, 15) is 4.57 Å². The van der Waals surface area contributed by atoms with Crippen molar-refractivity contribution in [3.8, 4) is 0 Å². The van der Waals surface area contributed by atoms with E-state index in [-0.39, 0.29) is 6.61 Å². The zero-order chi connectivity index (χ0) is 8.91. The molecule has 0 amide bonds. The average molecular weight is 203 g/mol. The minimum absolute atomic E-state index is 0.179. The molecule has 0 heterocycles. The van der Waals surface area contributed by atoms with Gasteiger partial charge in [0.15, 0.2) is 0 Å². The Morgan fingerprint density at radius 3 is 2.55 bits per heavy atom. The van der Waals surface area contributed by atoms with Crippen molar-refractivity contribution < 1.29 is 18.1 Å². The summed E-state index contributed by atoms with van der Waals surface area (Å²) in [5.41, 5.74) is 0. The van der Waals surface area contributed by atoms with Gasteiger partial charge in [0.2, 0.25) is 0 Å². The maximum Gasteiger partial charge on any atom is 0.488 e. The van der Waals surface area contributed by atoms with Gasteiger partial charge in [0, 0.05) is 0 Å². The van der Waals surface area contributed by atoms with Crippen LogP contribution in [0, 0.1) is 5.92 Å². The van der Waals surface area contributed by atoms with Crippen molar-refractivity contribution in [2.75, 3.05) is 6.61 Å². The van der Waals surface area contributed by atoms with E-state index in [1.807, 2.05) is 13.8 Å². The van der Waals surface area contributed by atoms with E-state index in [4.69, 9.17) is 4.89 Å². The van der Waals surface area contributed by atoms with Crippen molar-refractivity contribution in [3.63, 3.8) is 0 Å². The van der Waals surface area contributed by atoms with E-state index < -0.39 is 7.82 Å². The first kappa shape index (κ1) is 11.4.